The van der Waals surface area contributed by atoms with Gasteiger partial charge in [0.2, 0.25) is 0 Å². The number of aromatic nitrogens is 3. The van der Waals surface area contributed by atoms with Gasteiger partial charge in [0.15, 0.2) is 5.82 Å². The lowest BCUT2D eigenvalue weighted by atomic mass is 10.1. The van der Waals surface area contributed by atoms with Gasteiger partial charge in [0, 0.05) is 32.0 Å². The van der Waals surface area contributed by atoms with Crippen LogP contribution >= 0.6 is 0 Å². The number of piperidine rings is 1. The van der Waals surface area contributed by atoms with Crippen molar-refractivity contribution in [2.75, 3.05) is 25.1 Å². The highest BCUT2D eigenvalue weighted by molar-refractivity contribution is 5.58. The fraction of sp³-hybridized carbons (Fsp3) is 0.500. The molecule has 112 valence electrons. The Hall–Kier alpha value is -1.99. The van der Waals surface area contributed by atoms with E-state index in [1.807, 2.05) is 12.1 Å². The van der Waals surface area contributed by atoms with Crippen molar-refractivity contribution >= 4 is 5.82 Å². The molecule has 1 N–H and O–H groups in total. The largest absolute Gasteiger partial charge is 0.393 e. The summed E-state index contributed by atoms with van der Waals surface area (Å²) in [5.41, 5.74) is 0.834. The summed E-state index contributed by atoms with van der Waals surface area (Å²) in [6, 6.07) is 3.77. The molecule has 0 amide bonds. The van der Waals surface area contributed by atoms with Crippen LogP contribution in [0.1, 0.15) is 18.7 Å². The minimum Gasteiger partial charge on any atom is -0.393 e. The van der Waals surface area contributed by atoms with Crippen LogP contribution in [0.4, 0.5) is 5.82 Å². The summed E-state index contributed by atoms with van der Waals surface area (Å²) in [6.45, 7) is 1.93. The topological polar surface area (TPSA) is 84.5 Å². The molecule has 1 saturated heterocycles. The first-order chi connectivity index (χ1) is 10.3. The van der Waals surface area contributed by atoms with Crippen LogP contribution in [0.25, 0.3) is 11.5 Å². The molecule has 0 spiro atoms. The molecule has 1 aliphatic heterocycles. The molecule has 0 aromatic carbocycles. The van der Waals surface area contributed by atoms with Crippen LogP contribution in [-0.2, 0) is 11.3 Å². The van der Waals surface area contributed by atoms with Gasteiger partial charge in [-0.05, 0) is 25.0 Å². The quantitative estimate of drug-likeness (QED) is 0.906. The number of aliphatic hydroxyl groups is 1. The summed E-state index contributed by atoms with van der Waals surface area (Å²) in [4.78, 5) is 10.8. The van der Waals surface area contributed by atoms with Gasteiger partial charge >= 0.3 is 0 Å². The van der Waals surface area contributed by atoms with Crippen molar-refractivity contribution in [2.24, 2.45) is 0 Å². The Kier molecular flexibility index (Phi) is 4.12. The first-order valence-electron chi connectivity index (χ1n) is 6.97. The molecule has 0 atom stereocenters. The summed E-state index contributed by atoms with van der Waals surface area (Å²) < 4.78 is 10.2. The summed E-state index contributed by atoms with van der Waals surface area (Å²) >= 11 is 0. The number of rotatable bonds is 4. The Bertz CT molecular complexity index is 593. The van der Waals surface area contributed by atoms with Gasteiger partial charge in [-0.3, -0.25) is 0 Å². The van der Waals surface area contributed by atoms with Crippen LogP contribution in [0.5, 0.6) is 0 Å². The second-order valence-corrected chi connectivity index (χ2v) is 5.07. The zero-order valence-electron chi connectivity index (χ0n) is 11.9. The number of ether oxygens (including phenoxy) is 1. The maximum Gasteiger partial charge on any atom is 0.258 e. The number of nitrogens with zero attached hydrogens (tertiary/aromatic N) is 4. The van der Waals surface area contributed by atoms with Gasteiger partial charge in [0.1, 0.15) is 12.4 Å². The van der Waals surface area contributed by atoms with Gasteiger partial charge in [-0.1, -0.05) is 5.16 Å². The lowest BCUT2D eigenvalue weighted by Crippen LogP contribution is -2.36. The highest BCUT2D eigenvalue weighted by Gasteiger charge is 2.19. The highest BCUT2D eigenvalue weighted by atomic mass is 16.5. The summed E-state index contributed by atoms with van der Waals surface area (Å²) in [6.07, 6.45) is 3.07. The third-order valence-corrected chi connectivity index (χ3v) is 3.52. The monoisotopic (exact) mass is 290 g/mol. The number of hydrogen-bond donors (Lipinski definition) is 1. The Morgan fingerprint density at radius 2 is 2.24 bits per heavy atom. The van der Waals surface area contributed by atoms with Gasteiger partial charge < -0.3 is 19.3 Å². The van der Waals surface area contributed by atoms with Crippen molar-refractivity contribution in [1.82, 2.24) is 15.1 Å². The number of anilines is 1. The minimum atomic E-state index is -0.197. The van der Waals surface area contributed by atoms with Gasteiger partial charge in [-0.25, -0.2) is 4.98 Å². The standard InChI is InChI=1S/C14H18N4O3/c1-20-9-12-16-14(21-17-12)10-2-5-15-13(8-10)18-6-3-11(19)4-7-18/h2,5,8,11,19H,3-4,6-7,9H2,1H3. The van der Waals surface area contributed by atoms with E-state index in [4.69, 9.17) is 9.26 Å². The fourth-order valence-corrected chi connectivity index (χ4v) is 2.38. The summed E-state index contributed by atoms with van der Waals surface area (Å²) in [5.74, 6) is 1.85. The molecule has 0 radical (unpaired) electrons. The van der Waals surface area contributed by atoms with Gasteiger partial charge in [0.05, 0.1) is 6.10 Å². The molecule has 0 saturated carbocycles. The lowest BCUT2D eigenvalue weighted by molar-refractivity contribution is 0.145. The maximum atomic E-state index is 9.57. The predicted molar refractivity (Wildman–Crippen MR) is 75.7 cm³/mol. The van der Waals surface area contributed by atoms with Crippen LogP contribution in [0.3, 0.4) is 0 Å². The normalized spacial score (nSPS) is 16.4. The van der Waals surface area contributed by atoms with E-state index in [-0.39, 0.29) is 6.10 Å². The third-order valence-electron chi connectivity index (χ3n) is 3.52. The van der Waals surface area contributed by atoms with Crippen molar-refractivity contribution < 1.29 is 14.4 Å². The van der Waals surface area contributed by atoms with Gasteiger partial charge in [-0.2, -0.15) is 4.98 Å². The zero-order valence-corrected chi connectivity index (χ0v) is 11.9. The molecular weight excluding hydrogens is 272 g/mol. The number of methoxy groups -OCH3 is 1. The molecule has 7 nitrogen and oxygen atoms in total. The third kappa shape index (κ3) is 3.20. The molecule has 3 heterocycles. The molecule has 3 rings (SSSR count). The molecule has 0 aliphatic carbocycles. The van der Waals surface area contributed by atoms with Crippen LogP contribution in [0.2, 0.25) is 0 Å². The molecule has 1 aliphatic rings. The van der Waals surface area contributed by atoms with E-state index in [9.17, 15) is 5.11 Å². The van der Waals surface area contributed by atoms with Gasteiger partial charge in [0.25, 0.3) is 5.89 Å². The molecule has 0 unspecified atom stereocenters. The SMILES string of the molecule is COCc1noc(-c2ccnc(N3CCC(O)CC3)c2)n1. The number of pyridine rings is 1. The second-order valence-electron chi connectivity index (χ2n) is 5.07. The summed E-state index contributed by atoms with van der Waals surface area (Å²) in [7, 11) is 1.59. The van der Waals surface area contributed by atoms with Crippen LogP contribution < -0.4 is 4.90 Å². The Morgan fingerprint density at radius 1 is 1.43 bits per heavy atom. The second kappa shape index (κ2) is 6.19. The summed E-state index contributed by atoms with van der Waals surface area (Å²) in [5, 5.41) is 13.4. The average molecular weight is 290 g/mol. The number of hydrogen-bond acceptors (Lipinski definition) is 7. The first-order valence-corrected chi connectivity index (χ1v) is 6.97. The lowest BCUT2D eigenvalue weighted by Gasteiger charge is -2.30. The zero-order chi connectivity index (χ0) is 14.7. The van der Waals surface area contributed by atoms with Crippen molar-refractivity contribution in [2.45, 2.75) is 25.6 Å². The Balaban J connectivity index is 1.79. The van der Waals surface area contributed by atoms with Crippen molar-refractivity contribution in [1.29, 1.82) is 0 Å². The highest BCUT2D eigenvalue weighted by Crippen LogP contribution is 2.23. The van der Waals surface area contributed by atoms with E-state index in [2.05, 4.69) is 20.0 Å². The Morgan fingerprint density at radius 3 is 3.00 bits per heavy atom. The number of aliphatic hydroxyl groups excluding tert-OH is 1. The average Bonchev–Trinajstić information content (AvgIpc) is 2.97. The van der Waals surface area contributed by atoms with Crippen LogP contribution in [0, 0.1) is 0 Å². The molecule has 0 bridgehead atoms. The molecule has 2 aromatic heterocycles. The maximum absolute atomic E-state index is 9.57. The van der Waals surface area contributed by atoms with Crippen LogP contribution in [-0.4, -0.2) is 46.5 Å². The van der Waals surface area contributed by atoms with Crippen molar-refractivity contribution in [3.05, 3.63) is 24.2 Å². The minimum absolute atomic E-state index is 0.197. The van der Waals surface area contributed by atoms with Crippen molar-refractivity contribution in [3.8, 4) is 11.5 Å². The van der Waals surface area contributed by atoms with Crippen molar-refractivity contribution in [3.63, 3.8) is 0 Å². The smallest absolute Gasteiger partial charge is 0.258 e. The van der Waals surface area contributed by atoms with Gasteiger partial charge in [-0.15, -0.1) is 0 Å². The van der Waals surface area contributed by atoms with E-state index >= 15 is 0 Å². The van der Waals surface area contributed by atoms with E-state index in [0.29, 0.717) is 18.3 Å². The van der Waals surface area contributed by atoms with E-state index in [1.165, 1.54) is 0 Å². The molecule has 21 heavy (non-hydrogen) atoms. The van der Waals surface area contributed by atoms with Crippen LogP contribution in [0.15, 0.2) is 22.9 Å². The van der Waals surface area contributed by atoms with E-state index in [0.717, 1.165) is 37.3 Å². The molecular formula is C14H18N4O3. The fourth-order valence-electron chi connectivity index (χ4n) is 2.38. The molecule has 7 heteroatoms. The molecule has 1 fully saturated rings. The van der Waals surface area contributed by atoms with E-state index in [1.54, 1.807) is 13.3 Å². The van der Waals surface area contributed by atoms with E-state index < -0.39 is 0 Å². The Labute approximate surface area is 122 Å². The first kappa shape index (κ1) is 14.0. The predicted octanol–water partition coefficient (Wildman–Crippen LogP) is 1.24. The molecule has 2 aromatic rings.